The molecule has 1 fully saturated rings. The van der Waals surface area contributed by atoms with Crippen LogP contribution < -0.4 is 10.6 Å². The minimum absolute atomic E-state index is 0.222. The van der Waals surface area contributed by atoms with Crippen LogP contribution in [0.25, 0.3) is 0 Å². The predicted molar refractivity (Wildman–Crippen MR) is 78.1 cm³/mol. The van der Waals surface area contributed by atoms with Gasteiger partial charge in [-0.2, -0.15) is 0 Å². The standard InChI is InChI=1S/C14H25N5/c1-14(2,3)12(11-15)18-7-9-19(10-8-18)13-16-5-4-6-17-13/h4-6,12H,7-11,15H2,1-3H3. The Morgan fingerprint density at radius 2 is 1.74 bits per heavy atom. The Bertz CT molecular complexity index is 379. The fourth-order valence-electron chi connectivity index (χ4n) is 2.74. The second kappa shape index (κ2) is 5.84. The molecule has 0 aromatic carbocycles. The second-order valence-corrected chi connectivity index (χ2v) is 6.19. The summed E-state index contributed by atoms with van der Waals surface area (Å²) in [4.78, 5) is 13.4. The van der Waals surface area contributed by atoms with E-state index in [4.69, 9.17) is 5.73 Å². The van der Waals surface area contributed by atoms with Gasteiger partial charge in [0.25, 0.3) is 0 Å². The minimum atomic E-state index is 0.222. The third kappa shape index (κ3) is 3.42. The highest BCUT2D eigenvalue weighted by Gasteiger charge is 2.31. The van der Waals surface area contributed by atoms with Crippen molar-refractivity contribution < 1.29 is 0 Å². The first kappa shape index (κ1) is 14.2. The van der Waals surface area contributed by atoms with Crippen LogP contribution in [0.4, 0.5) is 5.95 Å². The van der Waals surface area contributed by atoms with Crippen LogP contribution in [0, 0.1) is 5.41 Å². The van der Waals surface area contributed by atoms with Crippen molar-refractivity contribution in [3.63, 3.8) is 0 Å². The van der Waals surface area contributed by atoms with Crippen LogP contribution in [0.2, 0.25) is 0 Å². The van der Waals surface area contributed by atoms with Crippen LogP contribution in [-0.4, -0.2) is 53.6 Å². The molecule has 2 N–H and O–H groups in total. The Morgan fingerprint density at radius 1 is 1.16 bits per heavy atom. The van der Waals surface area contributed by atoms with Gasteiger partial charge in [-0.15, -0.1) is 0 Å². The molecule has 0 spiro atoms. The van der Waals surface area contributed by atoms with E-state index in [0.29, 0.717) is 12.6 Å². The van der Waals surface area contributed by atoms with Crippen LogP contribution in [0.3, 0.4) is 0 Å². The maximum absolute atomic E-state index is 5.96. The van der Waals surface area contributed by atoms with Crippen molar-refractivity contribution in [2.75, 3.05) is 37.6 Å². The molecule has 19 heavy (non-hydrogen) atoms. The lowest BCUT2D eigenvalue weighted by molar-refractivity contribution is 0.0984. The van der Waals surface area contributed by atoms with Crippen molar-refractivity contribution in [1.29, 1.82) is 0 Å². The van der Waals surface area contributed by atoms with E-state index in [1.807, 2.05) is 6.07 Å². The molecule has 0 bridgehead atoms. The monoisotopic (exact) mass is 263 g/mol. The van der Waals surface area contributed by atoms with E-state index in [1.165, 1.54) is 0 Å². The van der Waals surface area contributed by atoms with Crippen molar-refractivity contribution >= 4 is 5.95 Å². The molecule has 0 amide bonds. The summed E-state index contributed by atoms with van der Waals surface area (Å²) in [5.74, 6) is 0.835. The van der Waals surface area contributed by atoms with Gasteiger partial charge in [0, 0.05) is 51.2 Å². The third-order valence-electron chi connectivity index (χ3n) is 3.81. The highest BCUT2D eigenvalue weighted by molar-refractivity contribution is 5.29. The molecule has 1 aliphatic heterocycles. The van der Waals surface area contributed by atoms with Gasteiger partial charge in [-0.25, -0.2) is 9.97 Å². The Morgan fingerprint density at radius 3 is 2.21 bits per heavy atom. The number of aromatic nitrogens is 2. The SMILES string of the molecule is CC(C)(C)C(CN)N1CCN(c2ncccn2)CC1. The number of hydrogen-bond acceptors (Lipinski definition) is 5. The molecular formula is C14H25N5. The van der Waals surface area contributed by atoms with Gasteiger partial charge < -0.3 is 10.6 Å². The van der Waals surface area contributed by atoms with E-state index in [2.05, 4.69) is 40.5 Å². The smallest absolute Gasteiger partial charge is 0.225 e. The Labute approximate surface area is 115 Å². The molecule has 0 saturated carbocycles. The molecule has 2 heterocycles. The van der Waals surface area contributed by atoms with E-state index in [9.17, 15) is 0 Å². The van der Waals surface area contributed by atoms with Crippen LogP contribution >= 0.6 is 0 Å². The van der Waals surface area contributed by atoms with Gasteiger partial charge in [0.05, 0.1) is 0 Å². The molecule has 1 aromatic rings. The fourth-order valence-corrected chi connectivity index (χ4v) is 2.74. The molecule has 106 valence electrons. The molecule has 1 atom stereocenters. The van der Waals surface area contributed by atoms with Crippen molar-refractivity contribution in [2.24, 2.45) is 11.1 Å². The summed E-state index contributed by atoms with van der Waals surface area (Å²) in [6.07, 6.45) is 3.60. The van der Waals surface area contributed by atoms with Crippen molar-refractivity contribution in [2.45, 2.75) is 26.8 Å². The maximum Gasteiger partial charge on any atom is 0.225 e. The molecule has 1 aromatic heterocycles. The predicted octanol–water partition coefficient (Wildman–Crippen LogP) is 0.972. The zero-order valence-electron chi connectivity index (χ0n) is 12.2. The Balaban J connectivity index is 1.96. The summed E-state index contributed by atoms with van der Waals surface area (Å²) in [6.45, 7) is 11.5. The Kier molecular flexibility index (Phi) is 4.37. The lowest BCUT2D eigenvalue weighted by Crippen LogP contribution is -2.56. The molecule has 1 saturated heterocycles. The number of nitrogens with zero attached hydrogens (tertiary/aromatic N) is 4. The van der Waals surface area contributed by atoms with Crippen molar-refractivity contribution in [3.05, 3.63) is 18.5 Å². The quantitative estimate of drug-likeness (QED) is 0.880. The topological polar surface area (TPSA) is 58.3 Å². The van der Waals surface area contributed by atoms with Crippen LogP contribution in [0.1, 0.15) is 20.8 Å². The van der Waals surface area contributed by atoms with Gasteiger partial charge >= 0.3 is 0 Å². The Hall–Kier alpha value is -1.20. The summed E-state index contributed by atoms with van der Waals surface area (Å²) in [7, 11) is 0. The molecule has 5 nitrogen and oxygen atoms in total. The number of piperazine rings is 1. The average Bonchev–Trinajstić information content (AvgIpc) is 2.40. The average molecular weight is 263 g/mol. The van der Waals surface area contributed by atoms with Crippen LogP contribution in [0.15, 0.2) is 18.5 Å². The molecule has 5 heteroatoms. The lowest BCUT2D eigenvalue weighted by Gasteiger charge is -2.44. The van der Waals surface area contributed by atoms with Gasteiger partial charge in [-0.3, -0.25) is 4.90 Å². The van der Waals surface area contributed by atoms with Crippen LogP contribution in [0.5, 0.6) is 0 Å². The molecule has 0 radical (unpaired) electrons. The molecule has 1 unspecified atom stereocenters. The molecule has 2 rings (SSSR count). The number of rotatable bonds is 3. The third-order valence-corrected chi connectivity index (χ3v) is 3.81. The normalized spacial score (nSPS) is 19.5. The summed E-state index contributed by atoms with van der Waals surface area (Å²) in [5, 5.41) is 0. The number of hydrogen-bond donors (Lipinski definition) is 1. The van der Waals surface area contributed by atoms with Crippen molar-refractivity contribution in [1.82, 2.24) is 14.9 Å². The highest BCUT2D eigenvalue weighted by Crippen LogP contribution is 2.25. The van der Waals surface area contributed by atoms with Gasteiger partial charge in [0.15, 0.2) is 0 Å². The van der Waals surface area contributed by atoms with Gasteiger partial charge in [0.2, 0.25) is 5.95 Å². The van der Waals surface area contributed by atoms with E-state index >= 15 is 0 Å². The summed E-state index contributed by atoms with van der Waals surface area (Å²) < 4.78 is 0. The highest BCUT2D eigenvalue weighted by atomic mass is 15.3. The summed E-state index contributed by atoms with van der Waals surface area (Å²) >= 11 is 0. The van der Waals surface area contributed by atoms with E-state index < -0.39 is 0 Å². The van der Waals surface area contributed by atoms with Crippen molar-refractivity contribution in [3.8, 4) is 0 Å². The molecule has 1 aliphatic rings. The number of anilines is 1. The summed E-state index contributed by atoms with van der Waals surface area (Å²) in [5.41, 5.74) is 6.18. The summed E-state index contributed by atoms with van der Waals surface area (Å²) in [6, 6.07) is 2.29. The first-order valence-corrected chi connectivity index (χ1v) is 6.98. The van der Waals surface area contributed by atoms with E-state index in [1.54, 1.807) is 12.4 Å². The molecule has 0 aliphatic carbocycles. The van der Waals surface area contributed by atoms with Crippen LogP contribution in [-0.2, 0) is 0 Å². The first-order valence-electron chi connectivity index (χ1n) is 6.98. The van der Waals surface area contributed by atoms with Gasteiger partial charge in [0.1, 0.15) is 0 Å². The second-order valence-electron chi connectivity index (χ2n) is 6.19. The lowest BCUT2D eigenvalue weighted by atomic mass is 9.85. The zero-order chi connectivity index (χ0) is 13.9. The fraction of sp³-hybridized carbons (Fsp3) is 0.714. The van der Waals surface area contributed by atoms with Gasteiger partial charge in [-0.05, 0) is 11.5 Å². The van der Waals surface area contributed by atoms with E-state index in [0.717, 1.165) is 32.1 Å². The zero-order valence-corrected chi connectivity index (χ0v) is 12.2. The van der Waals surface area contributed by atoms with Gasteiger partial charge in [-0.1, -0.05) is 20.8 Å². The largest absolute Gasteiger partial charge is 0.338 e. The maximum atomic E-state index is 5.96. The minimum Gasteiger partial charge on any atom is -0.338 e. The number of nitrogens with two attached hydrogens (primary N) is 1. The molecular weight excluding hydrogens is 238 g/mol. The van der Waals surface area contributed by atoms with E-state index in [-0.39, 0.29) is 5.41 Å². The first-order chi connectivity index (χ1) is 9.02.